The third-order valence-corrected chi connectivity index (χ3v) is 3.26. The molecule has 0 unspecified atom stereocenters. The lowest BCUT2D eigenvalue weighted by Crippen LogP contribution is -2.24. The van der Waals surface area contributed by atoms with Gasteiger partial charge in [0.1, 0.15) is 0 Å². The molecule has 102 valence electrons. The molecule has 1 N–H and O–H groups in total. The van der Waals surface area contributed by atoms with Gasteiger partial charge >= 0.3 is 0 Å². The number of hydrogen-bond donors (Lipinski definition) is 1. The molecule has 0 aliphatic heterocycles. The minimum Gasteiger partial charge on any atom is -0.346 e. The van der Waals surface area contributed by atoms with Gasteiger partial charge in [0.05, 0.1) is 6.04 Å². The first-order chi connectivity index (χ1) is 9.66. The summed E-state index contributed by atoms with van der Waals surface area (Å²) in [6, 6.07) is 17.9. The molecule has 0 spiro atoms. The summed E-state index contributed by atoms with van der Waals surface area (Å²) >= 11 is 0. The first-order valence-corrected chi connectivity index (χ1v) is 6.76. The minimum absolute atomic E-state index is 0.00483. The quantitative estimate of drug-likeness (QED) is 0.835. The average Bonchev–Trinajstić information content (AvgIpc) is 2.47. The van der Waals surface area contributed by atoms with Gasteiger partial charge in [0.2, 0.25) is 5.91 Å². The van der Waals surface area contributed by atoms with Crippen molar-refractivity contribution in [2.24, 2.45) is 0 Å². The van der Waals surface area contributed by atoms with E-state index in [0.717, 1.165) is 16.7 Å². The highest BCUT2D eigenvalue weighted by Crippen LogP contribution is 2.12. The van der Waals surface area contributed by atoms with Crippen LogP contribution in [0.5, 0.6) is 0 Å². The van der Waals surface area contributed by atoms with Crippen molar-refractivity contribution in [3.05, 3.63) is 77.4 Å². The van der Waals surface area contributed by atoms with E-state index < -0.39 is 0 Å². The fraction of sp³-hybridized carbons (Fsp3) is 0.167. The molecule has 0 heterocycles. The second-order valence-corrected chi connectivity index (χ2v) is 4.83. The molecular weight excluding hydrogens is 246 g/mol. The number of benzene rings is 2. The zero-order chi connectivity index (χ0) is 14.4. The fourth-order valence-electron chi connectivity index (χ4n) is 2.03. The molecule has 0 aromatic heterocycles. The van der Waals surface area contributed by atoms with Crippen LogP contribution in [0.25, 0.3) is 6.08 Å². The van der Waals surface area contributed by atoms with Crippen molar-refractivity contribution in [2.45, 2.75) is 19.9 Å². The van der Waals surface area contributed by atoms with Crippen LogP contribution in [0.3, 0.4) is 0 Å². The monoisotopic (exact) mass is 265 g/mol. The number of aryl methyl sites for hydroxylation is 1. The maximum Gasteiger partial charge on any atom is 0.244 e. The Hall–Kier alpha value is -2.35. The Bertz CT molecular complexity index is 602. The number of amides is 1. The zero-order valence-electron chi connectivity index (χ0n) is 11.8. The lowest BCUT2D eigenvalue weighted by atomic mass is 10.1. The van der Waals surface area contributed by atoms with Crippen molar-refractivity contribution >= 4 is 12.0 Å². The minimum atomic E-state index is -0.0791. The van der Waals surface area contributed by atoms with Gasteiger partial charge in [0, 0.05) is 6.08 Å². The van der Waals surface area contributed by atoms with E-state index in [4.69, 9.17) is 0 Å². The van der Waals surface area contributed by atoms with E-state index in [1.54, 1.807) is 6.08 Å². The third kappa shape index (κ3) is 3.82. The molecule has 2 nitrogen and oxygen atoms in total. The Morgan fingerprint density at radius 3 is 2.40 bits per heavy atom. The summed E-state index contributed by atoms with van der Waals surface area (Å²) in [5, 5.41) is 2.96. The largest absolute Gasteiger partial charge is 0.346 e. The molecule has 0 aliphatic rings. The summed E-state index contributed by atoms with van der Waals surface area (Å²) in [7, 11) is 0. The van der Waals surface area contributed by atoms with Crippen LogP contribution in [0.4, 0.5) is 0 Å². The van der Waals surface area contributed by atoms with Gasteiger partial charge in [-0.1, -0.05) is 54.6 Å². The summed E-state index contributed by atoms with van der Waals surface area (Å²) < 4.78 is 0. The highest BCUT2D eigenvalue weighted by molar-refractivity contribution is 5.92. The Morgan fingerprint density at radius 1 is 1.05 bits per heavy atom. The van der Waals surface area contributed by atoms with E-state index in [-0.39, 0.29) is 11.9 Å². The molecule has 1 atom stereocenters. The van der Waals surface area contributed by atoms with E-state index in [2.05, 4.69) is 5.32 Å². The Labute approximate surface area is 120 Å². The van der Waals surface area contributed by atoms with E-state index in [1.165, 1.54) is 0 Å². The Morgan fingerprint density at radius 2 is 1.70 bits per heavy atom. The molecule has 0 bridgehead atoms. The molecule has 2 rings (SSSR count). The van der Waals surface area contributed by atoms with E-state index in [0.29, 0.717) is 0 Å². The number of carbonyl (C=O) groups is 1. The van der Waals surface area contributed by atoms with Crippen molar-refractivity contribution in [2.75, 3.05) is 0 Å². The molecule has 2 aromatic rings. The molecule has 0 aliphatic carbocycles. The molecular formula is C18H19NO. The summed E-state index contributed by atoms with van der Waals surface area (Å²) in [6.45, 7) is 4.01. The topological polar surface area (TPSA) is 29.1 Å². The van der Waals surface area contributed by atoms with Gasteiger partial charge < -0.3 is 5.32 Å². The first-order valence-electron chi connectivity index (χ1n) is 6.76. The molecule has 0 saturated heterocycles. The van der Waals surface area contributed by atoms with Crippen molar-refractivity contribution in [1.82, 2.24) is 5.32 Å². The van der Waals surface area contributed by atoms with Crippen LogP contribution >= 0.6 is 0 Å². The van der Waals surface area contributed by atoms with Crippen molar-refractivity contribution < 1.29 is 4.79 Å². The Kier molecular flexibility index (Phi) is 4.72. The van der Waals surface area contributed by atoms with Crippen LogP contribution in [-0.2, 0) is 4.79 Å². The predicted molar refractivity (Wildman–Crippen MR) is 83.2 cm³/mol. The van der Waals surface area contributed by atoms with E-state index in [9.17, 15) is 4.79 Å². The molecule has 2 aromatic carbocycles. The van der Waals surface area contributed by atoms with Gasteiger partial charge in [-0.25, -0.2) is 0 Å². The molecule has 2 heteroatoms. The van der Waals surface area contributed by atoms with Crippen LogP contribution in [0.15, 0.2) is 60.7 Å². The van der Waals surface area contributed by atoms with Crippen molar-refractivity contribution in [3.8, 4) is 0 Å². The predicted octanol–water partition coefficient (Wildman–Crippen LogP) is 3.89. The van der Waals surface area contributed by atoms with Gasteiger partial charge in [-0.05, 0) is 36.6 Å². The van der Waals surface area contributed by atoms with Crippen LogP contribution in [0, 0.1) is 6.92 Å². The fourth-order valence-corrected chi connectivity index (χ4v) is 2.03. The first kappa shape index (κ1) is 14.1. The lowest BCUT2D eigenvalue weighted by molar-refractivity contribution is -0.117. The summed E-state index contributed by atoms with van der Waals surface area (Å²) in [5.41, 5.74) is 3.33. The van der Waals surface area contributed by atoms with Gasteiger partial charge in [-0.2, -0.15) is 0 Å². The van der Waals surface area contributed by atoms with Crippen LogP contribution < -0.4 is 5.32 Å². The zero-order valence-corrected chi connectivity index (χ0v) is 11.8. The molecule has 0 radical (unpaired) electrons. The van der Waals surface area contributed by atoms with Gasteiger partial charge in [-0.15, -0.1) is 0 Å². The van der Waals surface area contributed by atoms with Crippen molar-refractivity contribution in [3.63, 3.8) is 0 Å². The molecule has 0 fully saturated rings. The Balaban J connectivity index is 1.98. The van der Waals surface area contributed by atoms with Gasteiger partial charge in [-0.3, -0.25) is 4.79 Å². The lowest BCUT2D eigenvalue weighted by Gasteiger charge is -2.12. The van der Waals surface area contributed by atoms with Crippen molar-refractivity contribution in [1.29, 1.82) is 0 Å². The highest BCUT2D eigenvalue weighted by atomic mass is 16.1. The second kappa shape index (κ2) is 6.71. The molecule has 1 amide bonds. The van der Waals surface area contributed by atoms with Crippen LogP contribution in [-0.4, -0.2) is 5.91 Å². The summed E-state index contributed by atoms with van der Waals surface area (Å²) in [5.74, 6) is -0.0791. The third-order valence-electron chi connectivity index (χ3n) is 3.26. The number of carbonyl (C=O) groups excluding carboxylic acids is 1. The van der Waals surface area contributed by atoms with E-state index >= 15 is 0 Å². The van der Waals surface area contributed by atoms with Crippen LogP contribution in [0.2, 0.25) is 0 Å². The summed E-state index contributed by atoms with van der Waals surface area (Å²) in [4.78, 5) is 11.9. The number of rotatable bonds is 4. The maximum atomic E-state index is 11.9. The van der Waals surface area contributed by atoms with Crippen LogP contribution in [0.1, 0.15) is 29.7 Å². The van der Waals surface area contributed by atoms with E-state index in [1.807, 2.05) is 74.5 Å². The standard InChI is InChI=1S/C18H19NO/c1-14-8-6-7-9-16(14)12-13-18(20)19-15(2)17-10-4-3-5-11-17/h3-13,15H,1-2H3,(H,19,20)/b13-12+/t15-/m1/s1. The van der Waals surface area contributed by atoms with Gasteiger partial charge in [0.25, 0.3) is 0 Å². The SMILES string of the molecule is Cc1ccccc1/C=C/C(=O)N[C@H](C)c1ccccc1. The average molecular weight is 265 g/mol. The second-order valence-electron chi connectivity index (χ2n) is 4.83. The smallest absolute Gasteiger partial charge is 0.244 e. The normalized spacial score (nSPS) is 12.3. The number of nitrogens with one attached hydrogen (secondary N) is 1. The maximum absolute atomic E-state index is 11.9. The number of hydrogen-bond acceptors (Lipinski definition) is 1. The molecule has 0 saturated carbocycles. The summed E-state index contributed by atoms with van der Waals surface area (Å²) in [6.07, 6.45) is 3.43. The van der Waals surface area contributed by atoms with Gasteiger partial charge in [0.15, 0.2) is 0 Å². The molecule has 20 heavy (non-hydrogen) atoms. The highest BCUT2D eigenvalue weighted by Gasteiger charge is 2.06.